The Morgan fingerprint density at radius 1 is 1.35 bits per heavy atom. The molecular formula is C16H20N2OS. The van der Waals surface area contributed by atoms with Crippen LogP contribution in [-0.4, -0.2) is 12.5 Å². The van der Waals surface area contributed by atoms with Crippen molar-refractivity contribution in [1.29, 1.82) is 0 Å². The third-order valence-electron chi connectivity index (χ3n) is 3.18. The first-order valence-electron chi connectivity index (χ1n) is 6.80. The molecule has 3 nitrogen and oxygen atoms in total. The van der Waals surface area contributed by atoms with E-state index in [1.807, 2.05) is 32.0 Å². The molecule has 0 saturated carbocycles. The molecule has 0 aliphatic heterocycles. The lowest BCUT2D eigenvalue weighted by molar-refractivity contribution is 0.0956. The van der Waals surface area contributed by atoms with E-state index in [0.29, 0.717) is 12.1 Å². The van der Waals surface area contributed by atoms with Crippen molar-refractivity contribution >= 4 is 22.9 Å². The molecule has 0 saturated heterocycles. The maximum absolute atomic E-state index is 11.9. The number of aryl methyl sites for hydroxylation is 1. The van der Waals surface area contributed by atoms with E-state index in [-0.39, 0.29) is 11.9 Å². The zero-order chi connectivity index (χ0) is 14.5. The Hall–Kier alpha value is -1.81. The smallest absolute Gasteiger partial charge is 0.251 e. The molecule has 1 unspecified atom stereocenters. The number of hydrogen-bond donors (Lipinski definition) is 2. The Balaban J connectivity index is 2.18. The SMILES string of the molecule is CCNC(=O)c1ccc(C)c(NC(C)c2cccs2)c1. The van der Waals surface area contributed by atoms with Crippen LogP contribution in [0.4, 0.5) is 5.69 Å². The van der Waals surface area contributed by atoms with Crippen molar-refractivity contribution in [2.24, 2.45) is 0 Å². The van der Waals surface area contributed by atoms with Crippen molar-refractivity contribution < 1.29 is 4.79 Å². The van der Waals surface area contributed by atoms with Crippen LogP contribution in [0.2, 0.25) is 0 Å². The summed E-state index contributed by atoms with van der Waals surface area (Å²) < 4.78 is 0. The minimum Gasteiger partial charge on any atom is -0.377 e. The number of anilines is 1. The molecule has 1 amide bonds. The van der Waals surface area contributed by atoms with Gasteiger partial charge in [-0.15, -0.1) is 11.3 Å². The normalized spacial score (nSPS) is 11.9. The predicted molar refractivity (Wildman–Crippen MR) is 85.5 cm³/mol. The van der Waals surface area contributed by atoms with Gasteiger partial charge in [0.05, 0.1) is 6.04 Å². The zero-order valence-electron chi connectivity index (χ0n) is 12.1. The van der Waals surface area contributed by atoms with Crippen LogP contribution in [0.3, 0.4) is 0 Å². The van der Waals surface area contributed by atoms with Crippen LogP contribution in [0, 0.1) is 6.92 Å². The van der Waals surface area contributed by atoms with E-state index in [9.17, 15) is 4.79 Å². The second kappa shape index (κ2) is 6.57. The molecular weight excluding hydrogens is 268 g/mol. The fourth-order valence-electron chi connectivity index (χ4n) is 2.02. The number of carbonyl (C=O) groups excluding carboxylic acids is 1. The van der Waals surface area contributed by atoms with Crippen LogP contribution >= 0.6 is 11.3 Å². The van der Waals surface area contributed by atoms with Gasteiger partial charge in [0.25, 0.3) is 5.91 Å². The average Bonchev–Trinajstić information content (AvgIpc) is 2.95. The summed E-state index contributed by atoms with van der Waals surface area (Å²) in [5, 5.41) is 8.38. The monoisotopic (exact) mass is 288 g/mol. The van der Waals surface area contributed by atoms with E-state index in [0.717, 1.165) is 11.3 Å². The first-order valence-corrected chi connectivity index (χ1v) is 7.68. The Morgan fingerprint density at radius 2 is 2.15 bits per heavy atom. The van der Waals surface area contributed by atoms with Crippen LogP contribution in [0.15, 0.2) is 35.7 Å². The van der Waals surface area contributed by atoms with Gasteiger partial charge in [0.2, 0.25) is 0 Å². The van der Waals surface area contributed by atoms with Gasteiger partial charge in [-0.1, -0.05) is 12.1 Å². The molecule has 0 spiro atoms. The summed E-state index contributed by atoms with van der Waals surface area (Å²) in [6, 6.07) is 10.2. The molecule has 106 valence electrons. The van der Waals surface area contributed by atoms with Crippen LogP contribution in [-0.2, 0) is 0 Å². The molecule has 0 aliphatic rings. The second-order valence-electron chi connectivity index (χ2n) is 4.77. The lowest BCUT2D eigenvalue weighted by Gasteiger charge is -2.16. The van der Waals surface area contributed by atoms with Crippen molar-refractivity contribution in [2.45, 2.75) is 26.8 Å². The third-order valence-corrected chi connectivity index (χ3v) is 4.23. The molecule has 0 radical (unpaired) electrons. The molecule has 4 heteroatoms. The van der Waals surface area contributed by atoms with E-state index in [2.05, 4.69) is 35.1 Å². The first-order chi connectivity index (χ1) is 9.61. The number of amides is 1. The summed E-state index contributed by atoms with van der Waals surface area (Å²) in [6.45, 7) is 6.74. The maximum Gasteiger partial charge on any atom is 0.251 e. The molecule has 2 N–H and O–H groups in total. The molecule has 1 atom stereocenters. The number of benzene rings is 1. The van der Waals surface area contributed by atoms with Crippen molar-refractivity contribution in [3.63, 3.8) is 0 Å². The van der Waals surface area contributed by atoms with Gasteiger partial charge in [0.1, 0.15) is 0 Å². The minimum absolute atomic E-state index is 0.0284. The van der Waals surface area contributed by atoms with Crippen molar-refractivity contribution in [1.82, 2.24) is 5.32 Å². The number of hydrogen-bond acceptors (Lipinski definition) is 3. The molecule has 0 bridgehead atoms. The summed E-state index contributed by atoms with van der Waals surface area (Å²) in [4.78, 5) is 13.2. The van der Waals surface area contributed by atoms with Crippen LogP contribution in [0.5, 0.6) is 0 Å². The van der Waals surface area contributed by atoms with E-state index >= 15 is 0 Å². The quantitative estimate of drug-likeness (QED) is 0.873. The molecule has 20 heavy (non-hydrogen) atoms. The zero-order valence-corrected chi connectivity index (χ0v) is 12.9. The maximum atomic E-state index is 11.9. The summed E-state index contributed by atoms with van der Waals surface area (Å²) in [5.41, 5.74) is 2.84. The van der Waals surface area contributed by atoms with E-state index in [1.54, 1.807) is 11.3 Å². The minimum atomic E-state index is -0.0284. The molecule has 1 aromatic heterocycles. The van der Waals surface area contributed by atoms with E-state index in [1.165, 1.54) is 4.88 Å². The van der Waals surface area contributed by atoms with Gasteiger partial charge in [-0.05, 0) is 49.9 Å². The largest absolute Gasteiger partial charge is 0.377 e. The fraction of sp³-hybridized carbons (Fsp3) is 0.312. The van der Waals surface area contributed by atoms with Gasteiger partial charge < -0.3 is 10.6 Å². The number of thiophene rings is 1. The van der Waals surface area contributed by atoms with Crippen molar-refractivity contribution in [2.75, 3.05) is 11.9 Å². The highest BCUT2D eigenvalue weighted by atomic mass is 32.1. The Kier molecular flexibility index (Phi) is 4.79. The van der Waals surface area contributed by atoms with Crippen LogP contribution in [0.25, 0.3) is 0 Å². The standard InChI is InChI=1S/C16H20N2OS/c1-4-17-16(19)13-8-7-11(2)14(10-13)18-12(3)15-6-5-9-20-15/h5-10,12,18H,4H2,1-3H3,(H,17,19). The number of carbonyl (C=O) groups is 1. The lowest BCUT2D eigenvalue weighted by atomic mass is 10.1. The van der Waals surface area contributed by atoms with Crippen LogP contribution < -0.4 is 10.6 Å². The lowest BCUT2D eigenvalue weighted by Crippen LogP contribution is -2.22. The van der Waals surface area contributed by atoms with Crippen LogP contribution in [0.1, 0.15) is 40.7 Å². The van der Waals surface area contributed by atoms with Gasteiger partial charge in [0.15, 0.2) is 0 Å². The molecule has 1 heterocycles. The van der Waals surface area contributed by atoms with Crippen molar-refractivity contribution in [3.05, 3.63) is 51.7 Å². The third kappa shape index (κ3) is 3.39. The number of rotatable bonds is 5. The fourth-order valence-corrected chi connectivity index (χ4v) is 2.76. The topological polar surface area (TPSA) is 41.1 Å². The van der Waals surface area contributed by atoms with Gasteiger partial charge in [-0.3, -0.25) is 4.79 Å². The van der Waals surface area contributed by atoms with Gasteiger partial charge in [-0.25, -0.2) is 0 Å². The molecule has 2 rings (SSSR count). The second-order valence-corrected chi connectivity index (χ2v) is 5.75. The summed E-state index contributed by atoms with van der Waals surface area (Å²) in [6.07, 6.45) is 0. The highest BCUT2D eigenvalue weighted by molar-refractivity contribution is 7.10. The molecule has 2 aromatic rings. The summed E-state index contributed by atoms with van der Waals surface area (Å²) in [7, 11) is 0. The van der Waals surface area contributed by atoms with Gasteiger partial charge in [-0.2, -0.15) is 0 Å². The first kappa shape index (κ1) is 14.6. The predicted octanol–water partition coefficient (Wildman–Crippen LogP) is 3.98. The Morgan fingerprint density at radius 3 is 2.80 bits per heavy atom. The van der Waals surface area contributed by atoms with Gasteiger partial charge in [0, 0.05) is 22.7 Å². The number of nitrogens with one attached hydrogen (secondary N) is 2. The summed E-state index contributed by atoms with van der Waals surface area (Å²) >= 11 is 1.73. The van der Waals surface area contributed by atoms with E-state index < -0.39 is 0 Å². The summed E-state index contributed by atoms with van der Waals surface area (Å²) in [5.74, 6) is -0.0284. The highest BCUT2D eigenvalue weighted by Gasteiger charge is 2.10. The van der Waals surface area contributed by atoms with Crippen molar-refractivity contribution in [3.8, 4) is 0 Å². The Bertz CT molecular complexity index is 578. The Labute approximate surface area is 124 Å². The van der Waals surface area contributed by atoms with E-state index in [4.69, 9.17) is 0 Å². The molecule has 0 aliphatic carbocycles. The van der Waals surface area contributed by atoms with Gasteiger partial charge >= 0.3 is 0 Å². The molecule has 0 fully saturated rings. The highest BCUT2D eigenvalue weighted by Crippen LogP contribution is 2.25. The molecule has 1 aromatic carbocycles. The average molecular weight is 288 g/mol.